The molecule has 0 aliphatic rings. The number of aromatic nitrogens is 8. The molecule has 14 rings (SSSR count). The van der Waals surface area contributed by atoms with Crippen molar-refractivity contribution in [2.45, 2.75) is 6.92 Å². The largest absolute Gasteiger partial charge is 0.309 e. The van der Waals surface area contributed by atoms with Gasteiger partial charge in [0.25, 0.3) is 0 Å². The van der Waals surface area contributed by atoms with Gasteiger partial charge in [0.1, 0.15) is 6.07 Å². The third-order valence-electron chi connectivity index (χ3n) is 14.5. The van der Waals surface area contributed by atoms with Crippen molar-refractivity contribution >= 4 is 43.6 Å². The van der Waals surface area contributed by atoms with Crippen molar-refractivity contribution in [1.82, 2.24) is 39.0 Å². The molecule has 0 aliphatic carbocycles. The molecule has 0 radical (unpaired) electrons. The van der Waals surface area contributed by atoms with Crippen LogP contribution in [-0.4, -0.2) is 39.0 Å². The van der Waals surface area contributed by atoms with Crippen LogP contribution in [0, 0.1) is 29.6 Å². The summed E-state index contributed by atoms with van der Waals surface area (Å²) >= 11 is 0. The molecule has 79 heavy (non-hydrogen) atoms. The van der Waals surface area contributed by atoms with Crippen LogP contribution < -0.4 is 0 Å². The predicted octanol–water partition coefficient (Wildman–Crippen LogP) is 16.0. The average Bonchev–Trinajstić information content (AvgIpc) is 4.27. The molecule has 0 fully saturated rings. The van der Waals surface area contributed by atoms with Crippen molar-refractivity contribution in [3.63, 3.8) is 0 Å². The highest BCUT2D eigenvalue weighted by atomic mass is 15.1. The number of para-hydroxylation sites is 2. The molecule has 4 aromatic heterocycles. The molecule has 10 nitrogen and oxygen atoms in total. The van der Waals surface area contributed by atoms with Crippen LogP contribution in [-0.2, 0) is 0 Å². The molecule has 0 unspecified atom stereocenters. The van der Waals surface area contributed by atoms with Crippen LogP contribution in [0.5, 0.6) is 0 Å². The topological polar surface area (TPSA) is 135 Å². The van der Waals surface area contributed by atoms with Crippen LogP contribution in [0.4, 0.5) is 0 Å². The molecule has 0 atom stereocenters. The van der Waals surface area contributed by atoms with Crippen LogP contribution in [0.3, 0.4) is 0 Å². The van der Waals surface area contributed by atoms with E-state index in [9.17, 15) is 10.5 Å². The molecular formula is C69H42N10. The Labute approximate surface area is 454 Å². The number of fused-ring (bicyclic) bond motifs is 6. The van der Waals surface area contributed by atoms with E-state index in [1.165, 1.54) is 0 Å². The van der Waals surface area contributed by atoms with E-state index < -0.39 is 0 Å². The molecule has 0 amide bonds. The summed E-state index contributed by atoms with van der Waals surface area (Å²) in [6.07, 6.45) is 0. The van der Waals surface area contributed by atoms with Crippen LogP contribution in [0.15, 0.2) is 237 Å². The number of nitrogens with zero attached hydrogens (tertiary/aromatic N) is 10. The zero-order valence-corrected chi connectivity index (χ0v) is 42.5. The van der Waals surface area contributed by atoms with E-state index in [0.29, 0.717) is 51.8 Å². The normalized spacial score (nSPS) is 11.3. The summed E-state index contributed by atoms with van der Waals surface area (Å²) in [6, 6.07) is 84.2. The smallest absolute Gasteiger partial charge is 0.164 e. The molecule has 4 heterocycles. The number of rotatable bonds is 9. The van der Waals surface area contributed by atoms with E-state index in [2.05, 4.69) is 94.1 Å². The second-order valence-corrected chi connectivity index (χ2v) is 19.4. The molecular weight excluding hydrogens is 969 g/mol. The third kappa shape index (κ3) is 8.21. The van der Waals surface area contributed by atoms with Crippen molar-refractivity contribution in [1.29, 1.82) is 10.5 Å². The summed E-state index contributed by atoms with van der Waals surface area (Å²) in [4.78, 5) is 30.4. The van der Waals surface area contributed by atoms with Crippen molar-refractivity contribution in [3.8, 4) is 103 Å². The van der Waals surface area contributed by atoms with Gasteiger partial charge in [0.15, 0.2) is 34.9 Å². The van der Waals surface area contributed by atoms with Crippen molar-refractivity contribution < 1.29 is 0 Å². The Kier molecular flexibility index (Phi) is 11.3. The Balaban J connectivity index is 1.02. The maximum atomic E-state index is 11.6. The lowest BCUT2D eigenvalue weighted by molar-refractivity contribution is 1.07. The Morgan fingerprint density at radius 1 is 0.304 bits per heavy atom. The summed E-state index contributed by atoms with van der Waals surface area (Å²) in [5.74, 6) is 3.29. The molecule has 0 saturated carbocycles. The zero-order chi connectivity index (χ0) is 53.0. The highest BCUT2D eigenvalue weighted by Gasteiger charge is 2.24. The summed E-state index contributed by atoms with van der Waals surface area (Å²) in [5.41, 5.74) is 13.7. The van der Waals surface area contributed by atoms with Crippen molar-refractivity contribution in [3.05, 3.63) is 253 Å². The standard InChI is InChI=1S/C69H42N10/c1-43-34-44(41-70)36-51(35-43)57-40-60(78-58-28-16-14-26-53(58)55-32-30-49(37-61(55)78)68-74-64(45-18-6-2-7-19-45)72-65(75-68)46-20-8-3-9-21-46)52(42-71)39-63(57)79-59-29-17-15-27-54(59)56-33-31-50(38-62(56)79)69-76-66(47-22-10-4-11-23-47)73-67(77-69)48-24-12-5-13-25-48/h2-40H,1H3. The third-order valence-corrected chi connectivity index (χ3v) is 14.5. The van der Waals surface area contributed by atoms with E-state index in [1.54, 1.807) is 0 Å². The fraction of sp³-hybridized carbons (Fsp3) is 0.0145. The number of hydrogen-bond donors (Lipinski definition) is 0. The van der Waals surface area contributed by atoms with Gasteiger partial charge in [-0.05, 0) is 66.6 Å². The molecule has 0 saturated heterocycles. The van der Waals surface area contributed by atoms with Gasteiger partial charge in [-0.25, -0.2) is 29.9 Å². The van der Waals surface area contributed by atoms with Crippen molar-refractivity contribution in [2.24, 2.45) is 0 Å². The Bertz CT molecular complexity index is 4690. The molecule has 0 bridgehead atoms. The van der Waals surface area contributed by atoms with Gasteiger partial charge in [-0.1, -0.05) is 188 Å². The first-order valence-corrected chi connectivity index (χ1v) is 25.9. The van der Waals surface area contributed by atoms with Gasteiger partial charge in [0.05, 0.1) is 50.6 Å². The Hall–Kier alpha value is -11.2. The van der Waals surface area contributed by atoms with Crippen LogP contribution >= 0.6 is 0 Å². The van der Waals surface area contributed by atoms with Gasteiger partial charge in [-0.15, -0.1) is 0 Å². The second-order valence-electron chi connectivity index (χ2n) is 19.4. The van der Waals surface area contributed by atoms with Gasteiger partial charge in [-0.2, -0.15) is 10.5 Å². The monoisotopic (exact) mass is 1010 g/mol. The van der Waals surface area contributed by atoms with Crippen LogP contribution in [0.25, 0.3) is 134 Å². The number of nitriles is 2. The van der Waals surface area contributed by atoms with Crippen molar-refractivity contribution in [2.75, 3.05) is 0 Å². The number of benzene rings is 10. The zero-order valence-electron chi connectivity index (χ0n) is 42.5. The minimum absolute atomic E-state index is 0.442. The number of hydrogen-bond acceptors (Lipinski definition) is 8. The van der Waals surface area contributed by atoms with Gasteiger partial charge in [0, 0.05) is 60.5 Å². The van der Waals surface area contributed by atoms with Crippen LogP contribution in [0.2, 0.25) is 0 Å². The van der Waals surface area contributed by atoms with E-state index >= 15 is 0 Å². The highest BCUT2D eigenvalue weighted by Crippen LogP contribution is 2.43. The van der Waals surface area contributed by atoms with Crippen LogP contribution in [0.1, 0.15) is 16.7 Å². The van der Waals surface area contributed by atoms with E-state index in [4.69, 9.17) is 29.9 Å². The number of aryl methyl sites for hydroxylation is 1. The SMILES string of the molecule is Cc1cc(C#N)cc(-c2cc(-n3c4ccccc4c4ccc(-c5nc(-c6ccccc6)nc(-c6ccccc6)n5)cc43)c(C#N)cc2-n2c3ccccc3c3ccc(-c4nc(-c5ccccc5)nc(-c5ccccc5)n4)cc32)c1. The first kappa shape index (κ1) is 46.3. The molecule has 14 aromatic rings. The van der Waals surface area contributed by atoms with Gasteiger partial charge in [0.2, 0.25) is 0 Å². The molecule has 10 aromatic carbocycles. The first-order valence-electron chi connectivity index (χ1n) is 25.9. The van der Waals surface area contributed by atoms with E-state index in [-0.39, 0.29) is 0 Å². The highest BCUT2D eigenvalue weighted by molar-refractivity contribution is 6.12. The molecule has 10 heteroatoms. The maximum Gasteiger partial charge on any atom is 0.164 e. The molecule has 0 aliphatic heterocycles. The van der Waals surface area contributed by atoms with Gasteiger partial charge in [-0.3, -0.25) is 0 Å². The minimum Gasteiger partial charge on any atom is -0.309 e. The van der Waals surface area contributed by atoms with Gasteiger partial charge >= 0.3 is 0 Å². The lowest BCUT2D eigenvalue weighted by Crippen LogP contribution is -2.04. The fourth-order valence-electron chi connectivity index (χ4n) is 10.9. The Morgan fingerprint density at radius 3 is 1.10 bits per heavy atom. The summed E-state index contributed by atoms with van der Waals surface area (Å²) in [6.45, 7) is 2.01. The molecule has 368 valence electrons. The lowest BCUT2D eigenvalue weighted by atomic mass is 9.96. The quantitative estimate of drug-likeness (QED) is 0.139. The molecule has 0 N–H and O–H groups in total. The van der Waals surface area contributed by atoms with E-state index in [0.717, 1.165) is 99.4 Å². The molecule has 0 spiro atoms. The van der Waals surface area contributed by atoms with Gasteiger partial charge < -0.3 is 9.13 Å². The lowest BCUT2D eigenvalue weighted by Gasteiger charge is -2.19. The fourth-order valence-corrected chi connectivity index (χ4v) is 10.9. The summed E-state index contributed by atoms with van der Waals surface area (Å²) in [7, 11) is 0. The summed E-state index contributed by atoms with van der Waals surface area (Å²) in [5, 5.41) is 26.1. The maximum absolute atomic E-state index is 11.6. The van der Waals surface area contributed by atoms with E-state index in [1.807, 2.05) is 171 Å². The average molecular weight is 1010 g/mol. The Morgan fingerprint density at radius 2 is 0.684 bits per heavy atom. The summed E-state index contributed by atoms with van der Waals surface area (Å²) < 4.78 is 4.41. The first-order chi connectivity index (χ1) is 39.0. The second kappa shape index (κ2) is 19.2. The predicted molar refractivity (Wildman–Crippen MR) is 314 cm³/mol. The minimum atomic E-state index is 0.442.